The van der Waals surface area contributed by atoms with Crippen molar-refractivity contribution in [2.75, 3.05) is 12.8 Å². The maximum atomic E-state index is 9.76. The maximum Gasteiger partial charge on any atom is 0.118 e. The summed E-state index contributed by atoms with van der Waals surface area (Å²) >= 11 is 1.73. The quantitative estimate of drug-likeness (QED) is 0.774. The molecule has 82 valence electrons. The van der Waals surface area contributed by atoms with Crippen molar-refractivity contribution in [1.29, 1.82) is 0 Å². The van der Waals surface area contributed by atoms with Gasteiger partial charge >= 0.3 is 0 Å². The van der Waals surface area contributed by atoms with Gasteiger partial charge in [-0.2, -0.15) is 0 Å². The molecule has 1 aliphatic rings. The molecule has 1 aromatic rings. The largest absolute Gasteiger partial charge is 0.508 e. The third kappa shape index (κ3) is 1.74. The summed E-state index contributed by atoms with van der Waals surface area (Å²) in [6, 6.07) is 3.96. The van der Waals surface area contributed by atoms with Crippen LogP contribution in [0.5, 0.6) is 5.75 Å². The van der Waals surface area contributed by atoms with Gasteiger partial charge in [-0.15, -0.1) is 11.8 Å². The van der Waals surface area contributed by atoms with Crippen LogP contribution < -0.4 is 5.73 Å². The minimum absolute atomic E-state index is 0.156. The van der Waals surface area contributed by atoms with Crippen LogP contribution in [0.2, 0.25) is 0 Å². The number of thioether (sulfide) groups is 1. The first-order valence-corrected chi connectivity index (χ1v) is 6.43. The second kappa shape index (κ2) is 3.72. The topological polar surface area (TPSA) is 46.2 Å². The Bertz CT molecular complexity index is 385. The Labute approximate surface area is 94.9 Å². The number of phenols is 1. The first-order valence-electron chi connectivity index (χ1n) is 5.21. The van der Waals surface area contributed by atoms with Crippen molar-refractivity contribution in [3.8, 4) is 5.75 Å². The smallest absolute Gasteiger partial charge is 0.118 e. The fourth-order valence-electron chi connectivity index (χ4n) is 1.99. The standard InChI is InChI=1S/C12H17NOS/c1-8-5-11(15-2)9(6-10(8)14)12(7-13)3-4-12/h5-6,14H,3-4,7,13H2,1-2H3. The molecule has 0 aliphatic heterocycles. The molecule has 1 aliphatic carbocycles. The lowest BCUT2D eigenvalue weighted by atomic mass is 9.94. The lowest BCUT2D eigenvalue weighted by Gasteiger charge is -2.18. The molecule has 2 nitrogen and oxygen atoms in total. The molecule has 0 radical (unpaired) electrons. The molecule has 0 amide bonds. The average molecular weight is 223 g/mol. The number of benzene rings is 1. The first-order chi connectivity index (χ1) is 7.13. The highest BCUT2D eigenvalue weighted by atomic mass is 32.2. The second-order valence-corrected chi connectivity index (χ2v) is 5.17. The van der Waals surface area contributed by atoms with E-state index in [1.807, 2.05) is 13.0 Å². The van der Waals surface area contributed by atoms with Gasteiger partial charge in [0, 0.05) is 16.9 Å². The molecule has 15 heavy (non-hydrogen) atoms. The summed E-state index contributed by atoms with van der Waals surface area (Å²) in [6.07, 6.45) is 4.38. The summed E-state index contributed by atoms with van der Waals surface area (Å²) in [4.78, 5) is 1.26. The van der Waals surface area contributed by atoms with Crippen LogP contribution in [0.1, 0.15) is 24.0 Å². The molecular formula is C12H17NOS. The summed E-state index contributed by atoms with van der Waals surface area (Å²) in [5.74, 6) is 0.391. The lowest BCUT2D eigenvalue weighted by Crippen LogP contribution is -2.20. The van der Waals surface area contributed by atoms with Crippen molar-refractivity contribution in [2.45, 2.75) is 30.1 Å². The van der Waals surface area contributed by atoms with E-state index in [4.69, 9.17) is 5.73 Å². The van der Waals surface area contributed by atoms with Crippen LogP contribution in [0.15, 0.2) is 17.0 Å². The van der Waals surface area contributed by atoms with Gasteiger partial charge < -0.3 is 10.8 Å². The van der Waals surface area contributed by atoms with Gasteiger partial charge in [-0.05, 0) is 49.3 Å². The zero-order chi connectivity index (χ0) is 11.1. The Kier molecular flexibility index (Phi) is 2.69. The summed E-state index contributed by atoms with van der Waals surface area (Å²) in [5.41, 5.74) is 8.16. The van der Waals surface area contributed by atoms with E-state index in [1.54, 1.807) is 11.8 Å². The van der Waals surface area contributed by atoms with Gasteiger partial charge in [-0.1, -0.05) is 0 Å². The third-order valence-corrected chi connectivity index (χ3v) is 4.11. The average Bonchev–Trinajstić information content (AvgIpc) is 3.02. The normalized spacial score (nSPS) is 17.8. The minimum atomic E-state index is 0.156. The van der Waals surface area contributed by atoms with Gasteiger partial charge in [-0.25, -0.2) is 0 Å². The molecule has 0 spiro atoms. The predicted octanol–water partition coefficient (Wildman–Crippen LogP) is 2.41. The Morgan fingerprint density at radius 1 is 1.47 bits per heavy atom. The fourth-order valence-corrected chi connectivity index (χ4v) is 2.78. The van der Waals surface area contributed by atoms with E-state index < -0.39 is 0 Å². The van der Waals surface area contributed by atoms with Gasteiger partial charge in [0.05, 0.1) is 0 Å². The van der Waals surface area contributed by atoms with Crippen molar-refractivity contribution in [3.05, 3.63) is 23.3 Å². The van der Waals surface area contributed by atoms with Gasteiger partial charge in [0.2, 0.25) is 0 Å². The fraction of sp³-hybridized carbons (Fsp3) is 0.500. The van der Waals surface area contributed by atoms with Crippen LogP contribution in [0, 0.1) is 6.92 Å². The zero-order valence-corrected chi connectivity index (χ0v) is 10.0. The number of hydrogen-bond acceptors (Lipinski definition) is 3. The van der Waals surface area contributed by atoms with Crippen molar-refractivity contribution in [2.24, 2.45) is 5.73 Å². The molecule has 1 fully saturated rings. The van der Waals surface area contributed by atoms with Crippen molar-refractivity contribution in [1.82, 2.24) is 0 Å². The van der Waals surface area contributed by atoms with Crippen LogP contribution in [0.4, 0.5) is 0 Å². The molecule has 3 heteroatoms. The van der Waals surface area contributed by atoms with Gasteiger partial charge in [-0.3, -0.25) is 0 Å². The summed E-state index contributed by atoms with van der Waals surface area (Å²) in [5, 5.41) is 9.76. The van der Waals surface area contributed by atoms with E-state index in [1.165, 1.54) is 10.5 Å². The highest BCUT2D eigenvalue weighted by molar-refractivity contribution is 7.98. The number of rotatable bonds is 3. The van der Waals surface area contributed by atoms with E-state index in [9.17, 15) is 5.11 Å². The molecule has 0 heterocycles. The van der Waals surface area contributed by atoms with Crippen LogP contribution in [-0.4, -0.2) is 17.9 Å². The molecule has 1 aromatic carbocycles. The number of aromatic hydroxyl groups is 1. The van der Waals surface area contributed by atoms with Gasteiger partial charge in [0.1, 0.15) is 5.75 Å². The first kappa shape index (κ1) is 10.8. The number of aryl methyl sites for hydroxylation is 1. The summed E-state index contributed by atoms with van der Waals surface area (Å²) < 4.78 is 0. The molecule has 0 bridgehead atoms. The van der Waals surface area contributed by atoms with Crippen LogP contribution in [0.25, 0.3) is 0 Å². The zero-order valence-electron chi connectivity index (χ0n) is 9.21. The third-order valence-electron chi connectivity index (χ3n) is 3.33. The molecule has 0 unspecified atom stereocenters. The van der Waals surface area contributed by atoms with E-state index in [-0.39, 0.29) is 5.41 Å². The lowest BCUT2D eigenvalue weighted by molar-refractivity contribution is 0.468. The Morgan fingerprint density at radius 2 is 2.13 bits per heavy atom. The number of phenolic OH excluding ortho intramolecular Hbond substituents is 1. The van der Waals surface area contributed by atoms with Crippen LogP contribution in [-0.2, 0) is 5.41 Å². The summed E-state index contributed by atoms with van der Waals surface area (Å²) in [7, 11) is 0. The van der Waals surface area contributed by atoms with Crippen LogP contribution in [0.3, 0.4) is 0 Å². The maximum absolute atomic E-state index is 9.76. The van der Waals surface area contributed by atoms with Crippen molar-refractivity contribution < 1.29 is 5.11 Å². The van der Waals surface area contributed by atoms with Gasteiger partial charge in [0.25, 0.3) is 0 Å². The molecule has 0 aromatic heterocycles. The van der Waals surface area contributed by atoms with Gasteiger partial charge in [0.15, 0.2) is 0 Å². The van der Waals surface area contributed by atoms with E-state index in [0.717, 1.165) is 18.4 Å². The van der Waals surface area contributed by atoms with Crippen molar-refractivity contribution >= 4 is 11.8 Å². The highest BCUT2D eigenvalue weighted by Gasteiger charge is 2.44. The Balaban J connectivity index is 2.50. The Hall–Kier alpha value is -0.670. The second-order valence-electron chi connectivity index (χ2n) is 4.32. The van der Waals surface area contributed by atoms with E-state index >= 15 is 0 Å². The van der Waals surface area contributed by atoms with E-state index in [0.29, 0.717) is 12.3 Å². The number of hydrogen-bond donors (Lipinski definition) is 2. The molecule has 3 N–H and O–H groups in total. The molecule has 2 rings (SSSR count). The molecule has 0 atom stereocenters. The molecular weight excluding hydrogens is 206 g/mol. The van der Waals surface area contributed by atoms with Crippen LogP contribution >= 0.6 is 11.8 Å². The Morgan fingerprint density at radius 3 is 2.60 bits per heavy atom. The SMILES string of the molecule is CSc1cc(C)c(O)cc1C1(CN)CC1. The molecule has 1 saturated carbocycles. The number of nitrogens with two attached hydrogens (primary N) is 1. The highest BCUT2D eigenvalue weighted by Crippen LogP contribution is 2.51. The predicted molar refractivity (Wildman–Crippen MR) is 64.6 cm³/mol. The van der Waals surface area contributed by atoms with E-state index in [2.05, 4.69) is 12.3 Å². The van der Waals surface area contributed by atoms with Crippen molar-refractivity contribution in [3.63, 3.8) is 0 Å². The minimum Gasteiger partial charge on any atom is -0.508 e. The monoisotopic (exact) mass is 223 g/mol. The summed E-state index contributed by atoms with van der Waals surface area (Å²) in [6.45, 7) is 2.61. The molecule has 0 saturated heterocycles.